The SMILES string of the molecule is C=C(NCCNC(=N)N)N(Cc1ccc(OC)cc1)C(=O)N(Cc1ccc(CC)cc1)C(N)=O. The van der Waals surface area contributed by atoms with Gasteiger partial charge in [0.15, 0.2) is 5.96 Å². The summed E-state index contributed by atoms with van der Waals surface area (Å²) in [5.74, 6) is 0.800. The summed E-state index contributed by atoms with van der Waals surface area (Å²) < 4.78 is 5.19. The van der Waals surface area contributed by atoms with Crippen molar-refractivity contribution in [2.24, 2.45) is 11.5 Å². The highest BCUT2D eigenvalue weighted by Gasteiger charge is 2.27. The molecule has 0 radical (unpaired) electrons. The first-order valence-electron chi connectivity index (χ1n) is 10.8. The minimum atomic E-state index is -0.865. The minimum absolute atomic E-state index is 0.0243. The number of primary amides is 1. The predicted molar refractivity (Wildman–Crippen MR) is 132 cm³/mol. The van der Waals surface area contributed by atoms with Crippen molar-refractivity contribution in [1.82, 2.24) is 20.4 Å². The Morgan fingerprint density at radius 1 is 0.912 bits per heavy atom. The van der Waals surface area contributed by atoms with Gasteiger partial charge in [0.05, 0.1) is 20.2 Å². The van der Waals surface area contributed by atoms with E-state index in [0.29, 0.717) is 18.8 Å². The van der Waals surface area contributed by atoms with Crippen molar-refractivity contribution >= 4 is 18.0 Å². The van der Waals surface area contributed by atoms with Crippen molar-refractivity contribution in [3.8, 4) is 5.75 Å². The lowest BCUT2D eigenvalue weighted by atomic mass is 10.1. The summed E-state index contributed by atoms with van der Waals surface area (Å²) in [7, 11) is 1.57. The molecular formula is C24H33N7O3. The molecular weight excluding hydrogens is 434 g/mol. The fourth-order valence-electron chi connectivity index (χ4n) is 3.14. The van der Waals surface area contributed by atoms with Crippen LogP contribution in [0.3, 0.4) is 0 Å². The molecule has 7 N–H and O–H groups in total. The minimum Gasteiger partial charge on any atom is -0.497 e. The Morgan fingerprint density at radius 2 is 1.41 bits per heavy atom. The van der Waals surface area contributed by atoms with Crippen LogP contribution in [0, 0.1) is 5.41 Å². The highest BCUT2D eigenvalue weighted by Crippen LogP contribution is 2.17. The molecule has 0 atom stereocenters. The molecule has 2 aromatic rings. The largest absolute Gasteiger partial charge is 0.497 e. The maximum Gasteiger partial charge on any atom is 0.334 e. The second-order valence-corrected chi connectivity index (χ2v) is 7.53. The molecule has 0 unspecified atom stereocenters. The summed E-state index contributed by atoms with van der Waals surface area (Å²) in [6.07, 6.45) is 0.887. The van der Waals surface area contributed by atoms with Gasteiger partial charge >= 0.3 is 12.1 Å². The molecule has 34 heavy (non-hydrogen) atoms. The molecule has 4 amide bonds. The molecule has 0 saturated heterocycles. The summed E-state index contributed by atoms with van der Waals surface area (Å²) in [5, 5.41) is 12.9. The van der Waals surface area contributed by atoms with E-state index in [0.717, 1.165) is 28.0 Å². The van der Waals surface area contributed by atoms with E-state index in [9.17, 15) is 9.59 Å². The van der Waals surface area contributed by atoms with Crippen LogP contribution in [-0.4, -0.2) is 48.0 Å². The summed E-state index contributed by atoms with van der Waals surface area (Å²) in [4.78, 5) is 28.1. The van der Waals surface area contributed by atoms with Crippen molar-refractivity contribution in [3.05, 3.63) is 77.6 Å². The van der Waals surface area contributed by atoms with E-state index in [2.05, 4.69) is 24.1 Å². The number of ether oxygens (including phenoxy) is 1. The average molecular weight is 468 g/mol. The summed E-state index contributed by atoms with van der Waals surface area (Å²) in [5.41, 5.74) is 13.6. The van der Waals surface area contributed by atoms with Crippen LogP contribution < -0.4 is 26.8 Å². The molecule has 10 heteroatoms. The van der Waals surface area contributed by atoms with Crippen molar-refractivity contribution in [3.63, 3.8) is 0 Å². The zero-order chi connectivity index (χ0) is 25.1. The number of carbonyl (C=O) groups is 2. The van der Waals surface area contributed by atoms with E-state index in [1.54, 1.807) is 19.2 Å². The van der Waals surface area contributed by atoms with Gasteiger partial charge < -0.3 is 26.8 Å². The van der Waals surface area contributed by atoms with E-state index in [4.69, 9.17) is 21.6 Å². The number of hydrogen-bond donors (Lipinski definition) is 5. The van der Waals surface area contributed by atoms with Gasteiger partial charge in [0.1, 0.15) is 11.6 Å². The van der Waals surface area contributed by atoms with Crippen LogP contribution in [0.1, 0.15) is 23.6 Å². The Balaban J connectivity index is 2.24. The predicted octanol–water partition coefficient (Wildman–Crippen LogP) is 2.30. The number of aryl methyl sites for hydroxylation is 1. The number of nitrogens with zero attached hydrogens (tertiary/aromatic N) is 2. The van der Waals surface area contributed by atoms with Crippen molar-refractivity contribution in [2.75, 3.05) is 20.2 Å². The zero-order valence-corrected chi connectivity index (χ0v) is 19.6. The van der Waals surface area contributed by atoms with Crippen LogP contribution in [0.15, 0.2) is 60.9 Å². The molecule has 0 bridgehead atoms. The highest BCUT2D eigenvalue weighted by molar-refractivity contribution is 5.93. The number of imide groups is 1. The average Bonchev–Trinajstić information content (AvgIpc) is 2.83. The lowest BCUT2D eigenvalue weighted by Gasteiger charge is -2.30. The summed E-state index contributed by atoms with van der Waals surface area (Å²) in [6.45, 7) is 6.89. The molecule has 0 aliphatic rings. The number of methoxy groups -OCH3 is 1. The van der Waals surface area contributed by atoms with Gasteiger partial charge in [0.25, 0.3) is 0 Å². The molecule has 0 aliphatic carbocycles. The fourth-order valence-corrected chi connectivity index (χ4v) is 3.14. The number of nitrogens with one attached hydrogen (secondary N) is 3. The third-order valence-corrected chi connectivity index (χ3v) is 5.09. The molecule has 182 valence electrons. The van der Waals surface area contributed by atoms with E-state index in [-0.39, 0.29) is 24.9 Å². The number of carbonyl (C=O) groups excluding carboxylic acids is 2. The van der Waals surface area contributed by atoms with Crippen molar-refractivity contribution < 1.29 is 14.3 Å². The third-order valence-electron chi connectivity index (χ3n) is 5.09. The third kappa shape index (κ3) is 7.73. The van der Waals surface area contributed by atoms with Gasteiger partial charge in [-0.05, 0) is 35.2 Å². The lowest BCUT2D eigenvalue weighted by Crippen LogP contribution is -2.49. The fraction of sp³-hybridized carbons (Fsp3) is 0.292. The highest BCUT2D eigenvalue weighted by atomic mass is 16.5. The second-order valence-electron chi connectivity index (χ2n) is 7.53. The van der Waals surface area contributed by atoms with Crippen LogP contribution >= 0.6 is 0 Å². The van der Waals surface area contributed by atoms with Crippen LogP contribution in [-0.2, 0) is 19.5 Å². The smallest absolute Gasteiger partial charge is 0.334 e. The van der Waals surface area contributed by atoms with Gasteiger partial charge in [-0.15, -0.1) is 0 Å². The number of hydrogen-bond acceptors (Lipinski definition) is 5. The molecule has 2 aromatic carbocycles. The van der Waals surface area contributed by atoms with Gasteiger partial charge in [-0.3, -0.25) is 10.3 Å². The quantitative estimate of drug-likeness (QED) is 0.194. The number of guanidine groups is 1. The van der Waals surface area contributed by atoms with Gasteiger partial charge in [-0.1, -0.05) is 49.9 Å². The van der Waals surface area contributed by atoms with Crippen LogP contribution in [0.2, 0.25) is 0 Å². The van der Waals surface area contributed by atoms with E-state index in [1.165, 1.54) is 4.90 Å². The molecule has 0 aliphatic heterocycles. The maximum atomic E-state index is 13.5. The Hall–Kier alpha value is -4.21. The topological polar surface area (TPSA) is 150 Å². The monoisotopic (exact) mass is 467 g/mol. The van der Waals surface area contributed by atoms with E-state index in [1.807, 2.05) is 36.4 Å². The number of nitrogens with two attached hydrogens (primary N) is 2. The van der Waals surface area contributed by atoms with Gasteiger partial charge in [-0.2, -0.15) is 0 Å². The summed E-state index contributed by atoms with van der Waals surface area (Å²) >= 11 is 0. The molecule has 0 saturated carbocycles. The molecule has 10 nitrogen and oxygen atoms in total. The Kier molecular flexibility index (Phi) is 9.75. The molecule has 0 spiro atoms. The van der Waals surface area contributed by atoms with Crippen molar-refractivity contribution in [2.45, 2.75) is 26.4 Å². The molecule has 0 fully saturated rings. The van der Waals surface area contributed by atoms with Crippen molar-refractivity contribution in [1.29, 1.82) is 5.41 Å². The molecule has 0 heterocycles. The van der Waals surface area contributed by atoms with Crippen LogP contribution in [0.4, 0.5) is 9.59 Å². The number of benzene rings is 2. The summed E-state index contributed by atoms with van der Waals surface area (Å²) in [6, 6.07) is 13.4. The maximum absolute atomic E-state index is 13.5. The first-order chi connectivity index (χ1) is 16.2. The first kappa shape index (κ1) is 26.0. The molecule has 0 aromatic heterocycles. The van der Waals surface area contributed by atoms with E-state index >= 15 is 0 Å². The number of rotatable bonds is 11. The van der Waals surface area contributed by atoms with E-state index < -0.39 is 12.1 Å². The lowest BCUT2D eigenvalue weighted by molar-refractivity contribution is 0.161. The van der Waals surface area contributed by atoms with Gasteiger partial charge in [0, 0.05) is 13.1 Å². The Labute approximate surface area is 200 Å². The standard InChI is InChI=1S/C24H33N7O3/c1-4-18-5-7-19(8-6-18)16-31(23(27)32)24(33)30(17(2)28-13-14-29-22(25)26)15-20-9-11-21(34-3)12-10-20/h5-12,28H,2,4,13-16H2,1,3H3,(H2,27,32)(H4,25,26,29). The van der Waals surface area contributed by atoms with Crippen LogP contribution in [0.25, 0.3) is 0 Å². The Morgan fingerprint density at radius 3 is 1.91 bits per heavy atom. The normalized spacial score (nSPS) is 10.2. The number of urea groups is 2. The molecule has 2 rings (SSSR count). The zero-order valence-electron chi connectivity index (χ0n) is 19.6. The number of amides is 4. The van der Waals surface area contributed by atoms with Gasteiger partial charge in [0.2, 0.25) is 0 Å². The Bertz CT molecular complexity index is 991. The van der Waals surface area contributed by atoms with Crippen LogP contribution in [0.5, 0.6) is 5.75 Å². The second kappa shape index (κ2) is 12.7. The first-order valence-corrected chi connectivity index (χ1v) is 10.8. The van der Waals surface area contributed by atoms with Gasteiger partial charge in [-0.25, -0.2) is 14.5 Å².